The number of nitroso groups, excluding NO2 is 1. The van der Waals surface area contributed by atoms with Crippen LogP contribution in [0, 0.1) is 4.91 Å². The summed E-state index contributed by atoms with van der Waals surface area (Å²) in [7, 11) is 0. The average molecular weight is 242 g/mol. The minimum Gasteiger partial charge on any atom is -0.256 e. The molecule has 0 saturated carbocycles. The van der Waals surface area contributed by atoms with Crippen LogP contribution in [0.5, 0.6) is 0 Å². The summed E-state index contributed by atoms with van der Waals surface area (Å²) in [5.74, 6) is 0.345. The van der Waals surface area contributed by atoms with Crippen LogP contribution in [0.2, 0.25) is 0 Å². The van der Waals surface area contributed by atoms with Gasteiger partial charge in [0.05, 0.1) is 22.9 Å². The number of fused-ring (bicyclic) bond motifs is 2. The molecule has 0 bridgehead atoms. The van der Waals surface area contributed by atoms with Gasteiger partial charge in [-0.2, -0.15) is 0 Å². The molecule has 1 aromatic carbocycles. The van der Waals surface area contributed by atoms with E-state index in [0.29, 0.717) is 19.0 Å². The normalized spacial score (nSPS) is 18.7. The van der Waals surface area contributed by atoms with Crippen molar-refractivity contribution in [3.63, 3.8) is 0 Å². The summed E-state index contributed by atoms with van der Waals surface area (Å²) in [6.07, 6.45) is 4.38. The van der Waals surface area contributed by atoms with Gasteiger partial charge in [-0.1, -0.05) is 6.92 Å². The molecule has 0 fully saturated rings. The third kappa shape index (κ3) is 1.72. The van der Waals surface area contributed by atoms with Crippen molar-refractivity contribution >= 4 is 11.0 Å². The zero-order valence-corrected chi connectivity index (χ0v) is 10.2. The molecule has 18 heavy (non-hydrogen) atoms. The highest BCUT2D eigenvalue weighted by Gasteiger charge is 2.24. The fourth-order valence-corrected chi connectivity index (χ4v) is 2.61. The van der Waals surface area contributed by atoms with Gasteiger partial charge >= 0.3 is 0 Å². The summed E-state index contributed by atoms with van der Waals surface area (Å²) in [6.45, 7) is 3.39. The Labute approximate surface area is 105 Å². The number of hydrogen-bond acceptors (Lipinski definition) is 4. The summed E-state index contributed by atoms with van der Waals surface area (Å²) in [5, 5.41) is 4.65. The van der Waals surface area contributed by atoms with Crippen molar-refractivity contribution in [3.8, 4) is 0 Å². The first-order valence-electron chi connectivity index (χ1n) is 6.13. The molecule has 2 aromatic rings. The molecule has 0 N–H and O–H groups in total. The van der Waals surface area contributed by atoms with Crippen molar-refractivity contribution in [2.45, 2.75) is 25.8 Å². The van der Waals surface area contributed by atoms with Gasteiger partial charge in [-0.25, -0.2) is 0 Å². The fourth-order valence-electron chi connectivity index (χ4n) is 2.61. The highest BCUT2D eigenvalue weighted by Crippen LogP contribution is 2.32. The molecule has 1 unspecified atom stereocenters. The standard InChI is InChI=1S/C13H14N4O/c1-2-9-7-17(16-18)8-10-5-12-13(6-11(9)10)15-4-3-14-12/h3-6,9H,2,7-8H2,1H3. The molecule has 5 heteroatoms. The molecule has 1 aliphatic heterocycles. The van der Waals surface area contributed by atoms with Crippen LogP contribution in [0.15, 0.2) is 29.8 Å². The lowest BCUT2D eigenvalue weighted by Gasteiger charge is -2.30. The SMILES string of the molecule is CCC1CN(N=O)Cc2cc3nccnc3cc21. The maximum absolute atomic E-state index is 10.7. The molecule has 0 saturated heterocycles. The van der Waals surface area contributed by atoms with Gasteiger partial charge in [0.1, 0.15) is 0 Å². The monoisotopic (exact) mass is 242 g/mol. The summed E-state index contributed by atoms with van der Waals surface area (Å²) in [5.41, 5.74) is 4.21. The van der Waals surface area contributed by atoms with E-state index in [1.54, 1.807) is 17.4 Å². The average Bonchev–Trinajstić information content (AvgIpc) is 2.43. The highest BCUT2D eigenvalue weighted by atomic mass is 16.3. The van der Waals surface area contributed by atoms with Crippen molar-refractivity contribution in [3.05, 3.63) is 40.6 Å². The molecule has 5 nitrogen and oxygen atoms in total. The van der Waals surface area contributed by atoms with Crippen LogP contribution in [-0.4, -0.2) is 21.5 Å². The Hall–Kier alpha value is -2.04. The van der Waals surface area contributed by atoms with E-state index in [0.717, 1.165) is 23.0 Å². The van der Waals surface area contributed by atoms with Crippen molar-refractivity contribution in [1.29, 1.82) is 0 Å². The van der Waals surface area contributed by atoms with E-state index in [1.807, 2.05) is 6.07 Å². The topological polar surface area (TPSA) is 58.5 Å². The van der Waals surface area contributed by atoms with Crippen LogP contribution >= 0.6 is 0 Å². The highest BCUT2D eigenvalue weighted by molar-refractivity contribution is 5.76. The lowest BCUT2D eigenvalue weighted by Crippen LogP contribution is -2.29. The van der Waals surface area contributed by atoms with Gasteiger partial charge in [-0.05, 0) is 29.7 Å². The van der Waals surface area contributed by atoms with Crippen molar-refractivity contribution < 1.29 is 0 Å². The smallest absolute Gasteiger partial charge is 0.0890 e. The van der Waals surface area contributed by atoms with E-state index in [2.05, 4.69) is 28.2 Å². The maximum atomic E-state index is 10.7. The van der Waals surface area contributed by atoms with Crippen LogP contribution in [-0.2, 0) is 6.54 Å². The Kier molecular flexibility index (Phi) is 2.66. The molecular weight excluding hydrogens is 228 g/mol. The van der Waals surface area contributed by atoms with Crippen molar-refractivity contribution in [1.82, 2.24) is 15.0 Å². The molecular formula is C13H14N4O. The predicted octanol–water partition coefficient (Wildman–Crippen LogP) is 2.62. The summed E-state index contributed by atoms with van der Waals surface area (Å²) < 4.78 is 0. The number of rotatable bonds is 2. The second-order valence-corrected chi connectivity index (χ2v) is 4.63. The first-order valence-corrected chi connectivity index (χ1v) is 6.13. The Morgan fingerprint density at radius 2 is 2.06 bits per heavy atom. The maximum Gasteiger partial charge on any atom is 0.0890 e. The van der Waals surface area contributed by atoms with Crippen LogP contribution in [0.3, 0.4) is 0 Å². The number of nitrogens with zero attached hydrogens (tertiary/aromatic N) is 4. The first kappa shape index (κ1) is 11.1. The van der Waals surface area contributed by atoms with Gasteiger partial charge in [0.25, 0.3) is 0 Å². The molecule has 1 aromatic heterocycles. The van der Waals surface area contributed by atoms with Gasteiger partial charge in [-0.3, -0.25) is 15.0 Å². The van der Waals surface area contributed by atoms with E-state index < -0.39 is 0 Å². The van der Waals surface area contributed by atoms with E-state index in [4.69, 9.17) is 0 Å². The van der Waals surface area contributed by atoms with Crippen LogP contribution < -0.4 is 0 Å². The summed E-state index contributed by atoms with van der Waals surface area (Å²) in [4.78, 5) is 19.4. The molecule has 0 aliphatic carbocycles. The zero-order valence-electron chi connectivity index (χ0n) is 10.2. The third-order valence-corrected chi connectivity index (χ3v) is 3.56. The van der Waals surface area contributed by atoms with Crippen molar-refractivity contribution in [2.24, 2.45) is 5.29 Å². The predicted molar refractivity (Wildman–Crippen MR) is 68.8 cm³/mol. The second-order valence-electron chi connectivity index (χ2n) is 4.63. The molecule has 3 rings (SSSR count). The van der Waals surface area contributed by atoms with Crippen molar-refractivity contribution in [2.75, 3.05) is 6.54 Å². The minimum absolute atomic E-state index is 0.345. The van der Waals surface area contributed by atoms with E-state index >= 15 is 0 Å². The molecule has 2 heterocycles. The number of aromatic nitrogens is 2. The Bertz CT molecular complexity index is 599. The quantitative estimate of drug-likeness (QED) is 0.759. The summed E-state index contributed by atoms with van der Waals surface area (Å²) >= 11 is 0. The van der Waals surface area contributed by atoms with Gasteiger partial charge in [0.15, 0.2) is 0 Å². The van der Waals surface area contributed by atoms with Crippen LogP contribution in [0.1, 0.15) is 30.4 Å². The van der Waals surface area contributed by atoms with Gasteiger partial charge in [0.2, 0.25) is 0 Å². The van der Waals surface area contributed by atoms with E-state index in [1.165, 1.54) is 5.56 Å². The van der Waals surface area contributed by atoms with Crippen LogP contribution in [0.4, 0.5) is 0 Å². The number of benzene rings is 1. The Morgan fingerprint density at radius 3 is 2.72 bits per heavy atom. The largest absolute Gasteiger partial charge is 0.256 e. The minimum atomic E-state index is 0.345. The second kappa shape index (κ2) is 4.33. The Balaban J connectivity index is 2.16. The third-order valence-electron chi connectivity index (χ3n) is 3.56. The molecule has 1 atom stereocenters. The van der Waals surface area contributed by atoms with Crippen LogP contribution in [0.25, 0.3) is 11.0 Å². The molecule has 1 aliphatic rings. The lowest BCUT2D eigenvalue weighted by atomic mass is 9.88. The first-order chi connectivity index (χ1) is 8.81. The molecule has 92 valence electrons. The van der Waals surface area contributed by atoms with Gasteiger partial charge < -0.3 is 0 Å². The molecule has 0 radical (unpaired) electrons. The van der Waals surface area contributed by atoms with Gasteiger partial charge in [-0.15, -0.1) is 4.91 Å². The molecule has 0 amide bonds. The number of hydrogen-bond donors (Lipinski definition) is 0. The van der Waals surface area contributed by atoms with E-state index in [9.17, 15) is 4.91 Å². The van der Waals surface area contributed by atoms with E-state index in [-0.39, 0.29) is 0 Å². The zero-order chi connectivity index (χ0) is 12.5. The summed E-state index contributed by atoms with van der Waals surface area (Å²) in [6, 6.07) is 4.13. The fraction of sp³-hybridized carbons (Fsp3) is 0.385. The molecule has 0 spiro atoms. The van der Waals surface area contributed by atoms with Gasteiger partial charge in [0, 0.05) is 24.9 Å². The Morgan fingerprint density at radius 1 is 1.33 bits per heavy atom. The lowest BCUT2D eigenvalue weighted by molar-refractivity contribution is 0.235.